The smallest absolute Gasteiger partial charge is 0.304 e. The zero-order chi connectivity index (χ0) is 14.5. The summed E-state index contributed by atoms with van der Waals surface area (Å²) in [6.45, 7) is 0. The molecule has 0 saturated heterocycles. The van der Waals surface area contributed by atoms with Crippen LogP contribution in [0.3, 0.4) is 0 Å². The van der Waals surface area contributed by atoms with Gasteiger partial charge in [0.2, 0.25) is 0 Å². The number of hydrogen-bond acceptors (Lipinski definition) is 1. The fourth-order valence-corrected chi connectivity index (χ4v) is 2.02. The van der Waals surface area contributed by atoms with E-state index in [0.29, 0.717) is 12.0 Å². The molecule has 0 spiro atoms. The topological polar surface area (TPSA) is 20.2 Å². The van der Waals surface area contributed by atoms with E-state index in [2.05, 4.69) is 0 Å². The first-order chi connectivity index (χ1) is 9.59. The molecule has 0 saturated carbocycles. The number of halogens is 3. The van der Waals surface area contributed by atoms with Gasteiger partial charge in [-0.2, -0.15) is 8.78 Å². The SMILES string of the molecule is OC(C(F)=C(F)F)c1ccccc1Cc1ccccc1. The number of benzene rings is 2. The van der Waals surface area contributed by atoms with E-state index in [1.807, 2.05) is 30.3 Å². The van der Waals surface area contributed by atoms with Crippen LogP contribution in [0, 0.1) is 0 Å². The second-order valence-corrected chi connectivity index (χ2v) is 4.37. The van der Waals surface area contributed by atoms with Crippen LogP contribution in [0.4, 0.5) is 13.2 Å². The molecule has 0 amide bonds. The molecule has 1 unspecified atom stereocenters. The maximum absolute atomic E-state index is 13.2. The molecule has 2 aromatic carbocycles. The Morgan fingerprint density at radius 1 is 0.900 bits per heavy atom. The van der Waals surface area contributed by atoms with Gasteiger partial charge in [0.15, 0.2) is 5.83 Å². The predicted octanol–water partition coefficient (Wildman–Crippen LogP) is 4.39. The molecule has 20 heavy (non-hydrogen) atoms. The van der Waals surface area contributed by atoms with Crippen molar-refractivity contribution in [2.24, 2.45) is 0 Å². The second kappa shape index (κ2) is 6.39. The van der Waals surface area contributed by atoms with E-state index in [1.54, 1.807) is 18.2 Å². The zero-order valence-electron chi connectivity index (χ0n) is 10.6. The van der Waals surface area contributed by atoms with Crippen molar-refractivity contribution in [2.45, 2.75) is 12.5 Å². The highest BCUT2D eigenvalue weighted by atomic mass is 19.3. The van der Waals surface area contributed by atoms with Crippen molar-refractivity contribution < 1.29 is 18.3 Å². The normalized spacial score (nSPS) is 12.0. The van der Waals surface area contributed by atoms with Gasteiger partial charge < -0.3 is 5.11 Å². The Bertz CT molecular complexity index is 604. The van der Waals surface area contributed by atoms with Crippen molar-refractivity contribution >= 4 is 0 Å². The van der Waals surface area contributed by atoms with Gasteiger partial charge in [0, 0.05) is 0 Å². The summed E-state index contributed by atoms with van der Waals surface area (Å²) in [6, 6.07) is 15.8. The van der Waals surface area contributed by atoms with Gasteiger partial charge in [-0.1, -0.05) is 54.6 Å². The van der Waals surface area contributed by atoms with Crippen LogP contribution in [0.25, 0.3) is 0 Å². The Morgan fingerprint density at radius 2 is 1.50 bits per heavy atom. The third-order valence-corrected chi connectivity index (χ3v) is 3.01. The van der Waals surface area contributed by atoms with E-state index in [9.17, 15) is 18.3 Å². The number of rotatable bonds is 4. The highest BCUT2D eigenvalue weighted by Crippen LogP contribution is 2.29. The first-order valence-electron chi connectivity index (χ1n) is 6.10. The quantitative estimate of drug-likeness (QED) is 0.879. The summed E-state index contributed by atoms with van der Waals surface area (Å²) in [4.78, 5) is 0. The summed E-state index contributed by atoms with van der Waals surface area (Å²) >= 11 is 0. The Balaban J connectivity index is 2.34. The van der Waals surface area contributed by atoms with E-state index in [4.69, 9.17) is 0 Å². The van der Waals surface area contributed by atoms with Crippen LogP contribution in [0.15, 0.2) is 66.5 Å². The maximum atomic E-state index is 13.2. The van der Waals surface area contributed by atoms with Gasteiger partial charge in [0.05, 0.1) is 0 Å². The number of hydrogen-bond donors (Lipinski definition) is 1. The summed E-state index contributed by atoms with van der Waals surface area (Å²) in [7, 11) is 0. The average Bonchev–Trinajstić information content (AvgIpc) is 2.47. The maximum Gasteiger partial charge on any atom is 0.304 e. The van der Waals surface area contributed by atoms with Gasteiger partial charge >= 0.3 is 6.08 Å². The van der Waals surface area contributed by atoms with E-state index in [0.717, 1.165) is 5.56 Å². The molecule has 0 aliphatic carbocycles. The lowest BCUT2D eigenvalue weighted by Crippen LogP contribution is -2.04. The van der Waals surface area contributed by atoms with Gasteiger partial charge in [0.1, 0.15) is 6.10 Å². The first-order valence-corrected chi connectivity index (χ1v) is 6.10. The van der Waals surface area contributed by atoms with Gasteiger partial charge in [-0.25, -0.2) is 4.39 Å². The lowest BCUT2D eigenvalue weighted by atomic mass is 9.96. The minimum atomic E-state index is -2.49. The largest absolute Gasteiger partial charge is 0.381 e. The lowest BCUT2D eigenvalue weighted by molar-refractivity contribution is 0.170. The van der Waals surface area contributed by atoms with Crippen molar-refractivity contribution in [3.63, 3.8) is 0 Å². The molecule has 0 aliphatic rings. The molecule has 1 atom stereocenters. The molecule has 2 aromatic rings. The molecule has 0 bridgehead atoms. The fraction of sp³-hybridized carbons (Fsp3) is 0.125. The van der Waals surface area contributed by atoms with Crippen molar-refractivity contribution in [1.82, 2.24) is 0 Å². The van der Waals surface area contributed by atoms with Crippen molar-refractivity contribution in [3.8, 4) is 0 Å². The molecule has 0 aliphatic heterocycles. The average molecular weight is 278 g/mol. The standard InChI is InChI=1S/C16H13F3O/c17-14(16(18)19)15(20)13-9-5-4-8-12(13)10-11-6-2-1-3-7-11/h1-9,15,20H,10H2. The summed E-state index contributed by atoms with van der Waals surface area (Å²) in [5.74, 6) is -1.80. The van der Waals surface area contributed by atoms with Crippen LogP contribution in [0.5, 0.6) is 0 Å². The van der Waals surface area contributed by atoms with Gasteiger partial charge in [0.25, 0.3) is 0 Å². The third-order valence-electron chi connectivity index (χ3n) is 3.01. The Morgan fingerprint density at radius 3 is 2.15 bits per heavy atom. The number of aliphatic hydroxyl groups is 1. The molecule has 4 heteroatoms. The monoisotopic (exact) mass is 278 g/mol. The summed E-state index contributed by atoms with van der Waals surface area (Å²) in [6.07, 6.45) is -3.98. The molecule has 1 nitrogen and oxygen atoms in total. The van der Waals surface area contributed by atoms with E-state index in [-0.39, 0.29) is 5.56 Å². The molecule has 2 rings (SSSR count). The number of aliphatic hydroxyl groups excluding tert-OH is 1. The third kappa shape index (κ3) is 3.27. The molecular weight excluding hydrogens is 265 g/mol. The van der Waals surface area contributed by atoms with Crippen LogP contribution >= 0.6 is 0 Å². The zero-order valence-corrected chi connectivity index (χ0v) is 10.6. The lowest BCUT2D eigenvalue weighted by Gasteiger charge is -2.14. The van der Waals surface area contributed by atoms with Crippen LogP contribution < -0.4 is 0 Å². The Kier molecular flexibility index (Phi) is 4.58. The molecule has 104 valence electrons. The van der Waals surface area contributed by atoms with E-state index >= 15 is 0 Å². The van der Waals surface area contributed by atoms with Gasteiger partial charge in [-0.3, -0.25) is 0 Å². The first kappa shape index (κ1) is 14.3. The van der Waals surface area contributed by atoms with E-state index in [1.165, 1.54) is 6.07 Å². The van der Waals surface area contributed by atoms with Crippen molar-refractivity contribution in [1.29, 1.82) is 0 Å². The molecule has 0 radical (unpaired) electrons. The summed E-state index contributed by atoms with van der Waals surface area (Å²) < 4.78 is 37.7. The summed E-state index contributed by atoms with van der Waals surface area (Å²) in [5.41, 5.74) is 1.72. The van der Waals surface area contributed by atoms with Crippen molar-refractivity contribution in [2.75, 3.05) is 0 Å². The highest BCUT2D eigenvalue weighted by Gasteiger charge is 2.21. The molecule has 1 N–H and O–H groups in total. The molecule has 0 aromatic heterocycles. The second-order valence-electron chi connectivity index (χ2n) is 4.37. The van der Waals surface area contributed by atoms with Crippen LogP contribution in [0.2, 0.25) is 0 Å². The van der Waals surface area contributed by atoms with Gasteiger partial charge in [-0.05, 0) is 23.1 Å². The van der Waals surface area contributed by atoms with Crippen LogP contribution in [-0.4, -0.2) is 5.11 Å². The predicted molar refractivity (Wildman–Crippen MR) is 71.0 cm³/mol. The minimum Gasteiger partial charge on any atom is -0.381 e. The van der Waals surface area contributed by atoms with Gasteiger partial charge in [-0.15, -0.1) is 0 Å². The molecular formula is C16H13F3O. The Labute approximate surface area is 115 Å². The van der Waals surface area contributed by atoms with E-state index < -0.39 is 18.0 Å². The molecule has 0 heterocycles. The van der Waals surface area contributed by atoms with Crippen molar-refractivity contribution in [3.05, 3.63) is 83.2 Å². The highest BCUT2D eigenvalue weighted by molar-refractivity contribution is 5.36. The Hall–Kier alpha value is -2.07. The fourth-order valence-electron chi connectivity index (χ4n) is 2.02. The molecule has 0 fully saturated rings. The summed E-state index contributed by atoms with van der Waals surface area (Å²) in [5, 5.41) is 9.71. The minimum absolute atomic E-state index is 0.154. The van der Waals surface area contributed by atoms with Crippen LogP contribution in [0.1, 0.15) is 22.8 Å². The van der Waals surface area contributed by atoms with Crippen LogP contribution in [-0.2, 0) is 6.42 Å².